The standard InChI is InChI=1S/C13H11N3O3/c1-16-12(10(6-15-16)13(18)19)9-5-14-11-3-2-7(17)4-8(9)11/h2-6,14,17H,1H3,(H,18,19). The molecule has 6 nitrogen and oxygen atoms in total. The van der Waals surface area contributed by atoms with Gasteiger partial charge in [-0.1, -0.05) is 0 Å². The summed E-state index contributed by atoms with van der Waals surface area (Å²) < 4.78 is 1.51. The van der Waals surface area contributed by atoms with E-state index in [0.717, 1.165) is 10.9 Å². The average Bonchev–Trinajstić information content (AvgIpc) is 2.92. The molecule has 6 heteroatoms. The topological polar surface area (TPSA) is 91.1 Å². The van der Waals surface area contributed by atoms with Crippen molar-refractivity contribution in [1.82, 2.24) is 14.8 Å². The first kappa shape index (κ1) is 11.3. The summed E-state index contributed by atoms with van der Waals surface area (Å²) in [6.07, 6.45) is 3.03. The molecular formula is C13H11N3O3. The Hall–Kier alpha value is -2.76. The second-order valence-corrected chi connectivity index (χ2v) is 4.27. The van der Waals surface area contributed by atoms with Crippen molar-refractivity contribution in [3.8, 4) is 17.0 Å². The van der Waals surface area contributed by atoms with Gasteiger partial charge in [-0.3, -0.25) is 4.68 Å². The molecule has 96 valence electrons. The number of phenolic OH excluding ortho intramolecular Hbond substituents is 1. The number of carbonyl (C=O) groups is 1. The number of aromatic nitrogens is 3. The van der Waals surface area contributed by atoms with Crippen molar-refractivity contribution in [2.45, 2.75) is 0 Å². The summed E-state index contributed by atoms with van der Waals surface area (Å²) in [6, 6.07) is 4.91. The van der Waals surface area contributed by atoms with Crippen LogP contribution in [0.1, 0.15) is 10.4 Å². The quantitative estimate of drug-likeness (QED) is 0.654. The summed E-state index contributed by atoms with van der Waals surface area (Å²) in [5.41, 5.74) is 2.16. The molecule has 0 saturated heterocycles. The first-order valence-electron chi connectivity index (χ1n) is 5.63. The lowest BCUT2D eigenvalue weighted by Gasteiger charge is -2.03. The third kappa shape index (κ3) is 1.65. The Morgan fingerprint density at radius 1 is 1.42 bits per heavy atom. The van der Waals surface area contributed by atoms with Crippen LogP contribution in [0.4, 0.5) is 0 Å². The predicted molar refractivity (Wildman–Crippen MR) is 69.1 cm³/mol. The molecule has 0 spiro atoms. The van der Waals surface area contributed by atoms with Crippen LogP contribution >= 0.6 is 0 Å². The van der Waals surface area contributed by atoms with E-state index in [9.17, 15) is 15.0 Å². The maximum absolute atomic E-state index is 11.2. The molecule has 0 bridgehead atoms. The van der Waals surface area contributed by atoms with Gasteiger partial charge in [0.1, 0.15) is 11.3 Å². The van der Waals surface area contributed by atoms with Gasteiger partial charge in [0.25, 0.3) is 0 Å². The van der Waals surface area contributed by atoms with Crippen LogP contribution in [0, 0.1) is 0 Å². The second kappa shape index (κ2) is 3.88. The normalized spacial score (nSPS) is 11.0. The summed E-state index contributed by atoms with van der Waals surface area (Å²) in [5, 5.41) is 23.5. The Balaban J connectivity index is 2.33. The minimum Gasteiger partial charge on any atom is -0.508 e. The van der Waals surface area contributed by atoms with Gasteiger partial charge >= 0.3 is 5.97 Å². The number of phenols is 1. The summed E-state index contributed by atoms with van der Waals surface area (Å²) in [5.74, 6) is -0.898. The lowest BCUT2D eigenvalue weighted by atomic mass is 10.1. The van der Waals surface area contributed by atoms with Crippen molar-refractivity contribution in [2.24, 2.45) is 7.05 Å². The maximum Gasteiger partial charge on any atom is 0.339 e. The van der Waals surface area contributed by atoms with Gasteiger partial charge in [0.2, 0.25) is 0 Å². The molecule has 0 amide bonds. The fourth-order valence-electron chi connectivity index (χ4n) is 2.22. The van der Waals surface area contributed by atoms with Crippen LogP contribution in [-0.2, 0) is 7.05 Å². The van der Waals surface area contributed by atoms with Crippen molar-refractivity contribution in [1.29, 1.82) is 0 Å². The van der Waals surface area contributed by atoms with Crippen LogP contribution < -0.4 is 0 Å². The summed E-state index contributed by atoms with van der Waals surface area (Å²) in [4.78, 5) is 14.3. The van der Waals surface area contributed by atoms with Crippen molar-refractivity contribution in [3.63, 3.8) is 0 Å². The predicted octanol–water partition coefficient (Wildman–Crippen LogP) is 1.97. The number of carboxylic acids is 1. The van der Waals surface area contributed by atoms with Gasteiger partial charge in [-0.2, -0.15) is 5.10 Å². The van der Waals surface area contributed by atoms with Crippen molar-refractivity contribution < 1.29 is 15.0 Å². The van der Waals surface area contributed by atoms with E-state index in [1.54, 1.807) is 31.4 Å². The second-order valence-electron chi connectivity index (χ2n) is 4.27. The number of aromatic amines is 1. The largest absolute Gasteiger partial charge is 0.508 e. The van der Waals surface area contributed by atoms with E-state index < -0.39 is 5.97 Å². The Labute approximate surface area is 107 Å². The van der Waals surface area contributed by atoms with E-state index >= 15 is 0 Å². The Kier molecular flexibility index (Phi) is 2.31. The monoisotopic (exact) mass is 257 g/mol. The van der Waals surface area contributed by atoms with Crippen LogP contribution in [0.3, 0.4) is 0 Å². The van der Waals surface area contributed by atoms with Gasteiger partial charge in [-0.05, 0) is 18.2 Å². The van der Waals surface area contributed by atoms with E-state index in [1.165, 1.54) is 10.9 Å². The number of nitrogens with one attached hydrogen (secondary N) is 1. The molecule has 0 aliphatic heterocycles. The number of fused-ring (bicyclic) bond motifs is 1. The van der Waals surface area contributed by atoms with Gasteiger partial charge < -0.3 is 15.2 Å². The van der Waals surface area contributed by atoms with Gasteiger partial charge in [0, 0.05) is 29.7 Å². The van der Waals surface area contributed by atoms with Crippen molar-refractivity contribution in [3.05, 3.63) is 36.2 Å². The molecule has 0 atom stereocenters. The number of aromatic carboxylic acids is 1. The van der Waals surface area contributed by atoms with E-state index in [1.807, 2.05) is 0 Å². The van der Waals surface area contributed by atoms with Crippen LogP contribution in [-0.4, -0.2) is 30.9 Å². The molecular weight excluding hydrogens is 246 g/mol. The maximum atomic E-state index is 11.2. The highest BCUT2D eigenvalue weighted by atomic mass is 16.4. The van der Waals surface area contributed by atoms with Crippen molar-refractivity contribution in [2.75, 3.05) is 0 Å². The highest BCUT2D eigenvalue weighted by molar-refractivity contribution is 6.02. The number of aromatic hydroxyl groups is 1. The molecule has 3 N–H and O–H groups in total. The number of nitrogens with zero attached hydrogens (tertiary/aromatic N) is 2. The van der Waals surface area contributed by atoms with Crippen LogP contribution in [0.15, 0.2) is 30.6 Å². The van der Waals surface area contributed by atoms with Gasteiger partial charge in [0.05, 0.1) is 11.9 Å². The molecule has 0 unspecified atom stereocenters. The molecule has 3 rings (SSSR count). The zero-order valence-electron chi connectivity index (χ0n) is 10.1. The van der Waals surface area contributed by atoms with Crippen LogP contribution in [0.25, 0.3) is 22.2 Å². The highest BCUT2D eigenvalue weighted by Gasteiger charge is 2.19. The number of benzene rings is 1. The van der Waals surface area contributed by atoms with Crippen LogP contribution in [0.2, 0.25) is 0 Å². The molecule has 0 aliphatic carbocycles. The molecule has 0 fully saturated rings. The zero-order chi connectivity index (χ0) is 13.6. The third-order valence-electron chi connectivity index (χ3n) is 3.09. The molecule has 0 aliphatic rings. The Morgan fingerprint density at radius 3 is 2.95 bits per heavy atom. The number of aryl methyl sites for hydroxylation is 1. The number of hydrogen-bond donors (Lipinski definition) is 3. The molecule has 1 aromatic carbocycles. The summed E-state index contributed by atoms with van der Waals surface area (Å²) in [7, 11) is 1.68. The first-order valence-corrected chi connectivity index (χ1v) is 5.63. The Morgan fingerprint density at radius 2 is 2.21 bits per heavy atom. The minimum atomic E-state index is -1.03. The number of rotatable bonds is 2. The fraction of sp³-hybridized carbons (Fsp3) is 0.0769. The molecule has 0 saturated carbocycles. The minimum absolute atomic E-state index is 0.131. The number of H-pyrrole nitrogens is 1. The summed E-state index contributed by atoms with van der Waals surface area (Å²) in [6.45, 7) is 0. The van der Waals surface area contributed by atoms with Crippen molar-refractivity contribution >= 4 is 16.9 Å². The molecule has 3 aromatic rings. The Bertz CT molecular complexity index is 786. The lowest BCUT2D eigenvalue weighted by molar-refractivity contribution is 0.0697. The van der Waals surface area contributed by atoms with E-state index in [0.29, 0.717) is 11.3 Å². The number of hydrogen-bond acceptors (Lipinski definition) is 3. The van der Waals surface area contributed by atoms with E-state index in [2.05, 4.69) is 10.1 Å². The number of carboxylic acid groups (broad SMARTS) is 1. The molecule has 2 aromatic heterocycles. The van der Waals surface area contributed by atoms with E-state index in [4.69, 9.17) is 0 Å². The zero-order valence-corrected chi connectivity index (χ0v) is 10.1. The summed E-state index contributed by atoms with van der Waals surface area (Å²) >= 11 is 0. The average molecular weight is 257 g/mol. The lowest BCUT2D eigenvalue weighted by Crippen LogP contribution is -2.00. The molecule has 19 heavy (non-hydrogen) atoms. The highest BCUT2D eigenvalue weighted by Crippen LogP contribution is 2.32. The smallest absolute Gasteiger partial charge is 0.339 e. The van der Waals surface area contributed by atoms with Gasteiger partial charge in [-0.25, -0.2) is 4.79 Å². The molecule has 0 radical (unpaired) electrons. The fourth-order valence-corrected chi connectivity index (χ4v) is 2.22. The first-order chi connectivity index (χ1) is 9.08. The van der Waals surface area contributed by atoms with Gasteiger partial charge in [0.15, 0.2) is 0 Å². The van der Waals surface area contributed by atoms with Crippen LogP contribution in [0.5, 0.6) is 5.75 Å². The van der Waals surface area contributed by atoms with Gasteiger partial charge in [-0.15, -0.1) is 0 Å². The molecule has 2 heterocycles. The SMILES string of the molecule is Cn1ncc(C(=O)O)c1-c1c[nH]c2ccc(O)cc12. The third-order valence-corrected chi connectivity index (χ3v) is 3.09. The van der Waals surface area contributed by atoms with E-state index in [-0.39, 0.29) is 11.3 Å².